The first-order valence-corrected chi connectivity index (χ1v) is 4.65. The second kappa shape index (κ2) is 3.21. The molecule has 1 aliphatic rings. The lowest BCUT2D eigenvalue weighted by atomic mass is 10.0. The summed E-state index contributed by atoms with van der Waals surface area (Å²) in [6, 6.07) is 1.50. The molecule has 0 fully saturated rings. The van der Waals surface area contributed by atoms with Gasteiger partial charge in [-0.3, -0.25) is 4.79 Å². The lowest BCUT2D eigenvalue weighted by Gasteiger charge is -2.19. The quantitative estimate of drug-likeness (QED) is 0.517. The Morgan fingerprint density at radius 1 is 1.57 bits per heavy atom. The van der Waals surface area contributed by atoms with Crippen molar-refractivity contribution in [2.75, 3.05) is 0 Å². The number of rotatable bonds is 0. The van der Waals surface area contributed by atoms with E-state index in [1.807, 2.05) is 0 Å². The van der Waals surface area contributed by atoms with Crippen LogP contribution in [0.3, 0.4) is 0 Å². The molecule has 1 aromatic heterocycles. The number of carbonyl (C=O) groups is 1. The predicted octanol–water partition coefficient (Wildman–Crippen LogP) is 0.228. The highest BCUT2D eigenvalue weighted by molar-refractivity contribution is 9.10. The van der Waals surface area contributed by atoms with Crippen LogP contribution in [-0.2, 0) is 16.1 Å². The van der Waals surface area contributed by atoms with Gasteiger partial charge in [-0.1, -0.05) is 0 Å². The van der Waals surface area contributed by atoms with Gasteiger partial charge in [0.15, 0.2) is 6.10 Å². The molecule has 14 heavy (non-hydrogen) atoms. The number of halogens is 1. The summed E-state index contributed by atoms with van der Waals surface area (Å²) in [5, 5.41) is 9.43. The van der Waals surface area contributed by atoms with Gasteiger partial charge in [0, 0.05) is 5.56 Å². The first-order valence-electron chi connectivity index (χ1n) is 3.86. The van der Waals surface area contributed by atoms with Gasteiger partial charge in [0.1, 0.15) is 6.61 Å². The number of H-pyrrole nitrogens is 1. The van der Waals surface area contributed by atoms with E-state index in [0.29, 0.717) is 15.7 Å². The van der Waals surface area contributed by atoms with Crippen molar-refractivity contribution in [1.82, 2.24) is 4.98 Å². The maximum Gasteiger partial charge on any atom is 0.340 e. The van der Waals surface area contributed by atoms with E-state index in [1.54, 1.807) is 0 Å². The number of cyclic esters (lactones) is 1. The number of aromatic nitrogens is 1. The molecule has 0 radical (unpaired) electrons. The number of esters is 1. The number of ether oxygens (including phenoxy) is 1. The smallest absolute Gasteiger partial charge is 0.340 e. The zero-order valence-electron chi connectivity index (χ0n) is 6.91. The Morgan fingerprint density at radius 2 is 2.29 bits per heavy atom. The van der Waals surface area contributed by atoms with Crippen molar-refractivity contribution < 1.29 is 14.6 Å². The zero-order valence-corrected chi connectivity index (χ0v) is 8.50. The van der Waals surface area contributed by atoms with Crippen LogP contribution in [0.5, 0.6) is 0 Å². The Labute approximate surface area is 86.8 Å². The number of aliphatic hydroxyl groups is 1. The van der Waals surface area contributed by atoms with Gasteiger partial charge in [-0.15, -0.1) is 0 Å². The Kier molecular flexibility index (Phi) is 2.16. The van der Waals surface area contributed by atoms with Crippen LogP contribution in [0, 0.1) is 0 Å². The third-order valence-electron chi connectivity index (χ3n) is 2.01. The van der Waals surface area contributed by atoms with Crippen molar-refractivity contribution in [2.45, 2.75) is 12.7 Å². The van der Waals surface area contributed by atoms with Gasteiger partial charge in [0.2, 0.25) is 0 Å². The number of hydrogen-bond acceptors (Lipinski definition) is 4. The van der Waals surface area contributed by atoms with E-state index in [4.69, 9.17) is 0 Å². The number of carbonyl (C=O) groups excluding carboxylic acids is 1. The highest BCUT2D eigenvalue weighted by Gasteiger charge is 2.29. The molecule has 6 heteroatoms. The zero-order chi connectivity index (χ0) is 10.3. The maximum atomic E-state index is 11.3. The molecule has 1 atom stereocenters. The predicted molar refractivity (Wildman–Crippen MR) is 49.5 cm³/mol. The first kappa shape index (κ1) is 9.42. The number of hydrogen-bond donors (Lipinski definition) is 2. The first-order chi connectivity index (χ1) is 6.59. The molecular weight excluding hydrogens is 254 g/mol. The minimum Gasteiger partial charge on any atom is -0.458 e. The third kappa shape index (κ3) is 1.36. The molecule has 2 N–H and O–H groups in total. The van der Waals surface area contributed by atoms with Crippen molar-refractivity contribution in [3.05, 3.63) is 32.2 Å². The molecule has 2 rings (SSSR count). The van der Waals surface area contributed by atoms with Crippen LogP contribution >= 0.6 is 15.9 Å². The second-order valence-corrected chi connectivity index (χ2v) is 3.74. The second-order valence-electron chi connectivity index (χ2n) is 2.89. The van der Waals surface area contributed by atoms with Crippen molar-refractivity contribution in [1.29, 1.82) is 0 Å². The molecule has 0 amide bonds. The monoisotopic (exact) mass is 259 g/mol. The summed E-state index contributed by atoms with van der Waals surface area (Å²) >= 11 is 3.07. The van der Waals surface area contributed by atoms with Gasteiger partial charge in [0.25, 0.3) is 5.56 Å². The molecule has 5 nitrogen and oxygen atoms in total. The van der Waals surface area contributed by atoms with Gasteiger partial charge < -0.3 is 14.8 Å². The highest BCUT2D eigenvalue weighted by atomic mass is 79.9. The van der Waals surface area contributed by atoms with Gasteiger partial charge in [-0.2, -0.15) is 0 Å². The van der Waals surface area contributed by atoms with E-state index in [0.717, 1.165) is 0 Å². The Bertz CT molecular complexity index is 453. The molecule has 1 aromatic rings. The van der Waals surface area contributed by atoms with Gasteiger partial charge in [0.05, 0.1) is 10.2 Å². The molecule has 0 unspecified atom stereocenters. The van der Waals surface area contributed by atoms with E-state index in [1.165, 1.54) is 6.07 Å². The van der Waals surface area contributed by atoms with Crippen LogP contribution in [0.4, 0.5) is 0 Å². The summed E-state index contributed by atoms with van der Waals surface area (Å²) in [4.78, 5) is 24.8. The SMILES string of the molecule is O=C1OCc2c(cc(Br)[nH]c2=O)[C@@H]1O. The van der Waals surface area contributed by atoms with Crippen molar-refractivity contribution in [2.24, 2.45) is 0 Å². The molecule has 0 aromatic carbocycles. The van der Waals surface area contributed by atoms with Gasteiger partial charge in [-0.05, 0) is 22.0 Å². The highest BCUT2D eigenvalue weighted by Crippen LogP contribution is 2.24. The third-order valence-corrected chi connectivity index (χ3v) is 2.44. The number of nitrogens with one attached hydrogen (secondary N) is 1. The Balaban J connectivity index is 2.65. The average Bonchev–Trinajstić information content (AvgIpc) is 2.12. The van der Waals surface area contributed by atoms with Crippen LogP contribution in [-0.4, -0.2) is 16.1 Å². The lowest BCUT2D eigenvalue weighted by molar-refractivity contribution is -0.157. The molecule has 0 saturated heterocycles. The number of fused-ring (bicyclic) bond motifs is 1. The fourth-order valence-electron chi connectivity index (χ4n) is 1.32. The van der Waals surface area contributed by atoms with Crippen LogP contribution in [0.25, 0.3) is 0 Å². The van der Waals surface area contributed by atoms with Crippen LogP contribution in [0.15, 0.2) is 15.5 Å². The summed E-state index contributed by atoms with van der Waals surface area (Å²) in [6.07, 6.45) is -1.36. The number of pyridine rings is 1. The van der Waals surface area contributed by atoms with Gasteiger partial charge >= 0.3 is 5.97 Å². The van der Waals surface area contributed by atoms with E-state index in [-0.39, 0.29) is 12.2 Å². The Morgan fingerprint density at radius 3 is 3.00 bits per heavy atom. The molecule has 0 bridgehead atoms. The molecule has 0 aliphatic carbocycles. The molecule has 2 heterocycles. The van der Waals surface area contributed by atoms with E-state index >= 15 is 0 Å². The molecule has 74 valence electrons. The van der Waals surface area contributed by atoms with E-state index in [9.17, 15) is 14.7 Å². The number of aromatic amines is 1. The minimum absolute atomic E-state index is 0.0894. The van der Waals surface area contributed by atoms with Crippen molar-refractivity contribution in [3.63, 3.8) is 0 Å². The summed E-state index contributed by atoms with van der Waals surface area (Å²) in [6.45, 7) is -0.0894. The van der Waals surface area contributed by atoms with Crippen molar-refractivity contribution >= 4 is 21.9 Å². The normalized spacial score (nSPS) is 20.1. The average molecular weight is 260 g/mol. The lowest BCUT2D eigenvalue weighted by Crippen LogP contribution is -2.28. The number of aliphatic hydroxyl groups excluding tert-OH is 1. The summed E-state index contributed by atoms with van der Waals surface area (Å²) in [5.74, 6) is -0.727. The summed E-state index contributed by atoms with van der Waals surface area (Å²) in [5.41, 5.74) is 0.234. The van der Waals surface area contributed by atoms with Crippen LogP contribution < -0.4 is 5.56 Å². The van der Waals surface area contributed by atoms with Crippen LogP contribution in [0.1, 0.15) is 17.2 Å². The van der Waals surface area contributed by atoms with E-state index < -0.39 is 12.1 Å². The standard InChI is InChI=1S/C8H6BrNO4/c9-5-1-3-4(7(12)10-5)2-14-8(13)6(3)11/h1,6,11H,2H2,(H,10,12)/t6-/m0/s1. The summed E-state index contributed by atoms with van der Waals surface area (Å²) < 4.78 is 5.04. The maximum absolute atomic E-state index is 11.3. The van der Waals surface area contributed by atoms with Gasteiger partial charge in [-0.25, -0.2) is 4.79 Å². The Hall–Kier alpha value is -1.14. The minimum atomic E-state index is -1.36. The topological polar surface area (TPSA) is 79.4 Å². The molecule has 1 aliphatic heterocycles. The molecule has 0 saturated carbocycles. The summed E-state index contributed by atoms with van der Waals surface area (Å²) in [7, 11) is 0. The van der Waals surface area contributed by atoms with E-state index in [2.05, 4.69) is 25.7 Å². The van der Waals surface area contributed by atoms with Crippen molar-refractivity contribution in [3.8, 4) is 0 Å². The fourth-order valence-corrected chi connectivity index (χ4v) is 1.74. The molecular formula is C8H6BrNO4. The van der Waals surface area contributed by atoms with Crippen LogP contribution in [0.2, 0.25) is 0 Å². The fraction of sp³-hybridized carbons (Fsp3) is 0.250. The largest absolute Gasteiger partial charge is 0.458 e. The molecule has 0 spiro atoms.